The molecule has 1 aliphatic carbocycles. The van der Waals surface area contributed by atoms with Crippen LogP contribution in [0.25, 0.3) is 0 Å². The van der Waals surface area contributed by atoms with Crippen molar-refractivity contribution in [3.8, 4) is 0 Å². The van der Waals surface area contributed by atoms with E-state index in [9.17, 15) is 0 Å². The summed E-state index contributed by atoms with van der Waals surface area (Å²) in [4.78, 5) is 0. The van der Waals surface area contributed by atoms with Gasteiger partial charge in [-0.2, -0.15) is 0 Å². The highest BCUT2D eigenvalue weighted by Gasteiger charge is 2.19. The van der Waals surface area contributed by atoms with Crippen LogP contribution in [0.3, 0.4) is 0 Å². The van der Waals surface area contributed by atoms with Crippen molar-refractivity contribution in [2.75, 3.05) is 13.1 Å². The lowest BCUT2D eigenvalue weighted by atomic mass is 10.1. The fourth-order valence-electron chi connectivity index (χ4n) is 2.35. The number of nitrogens with one attached hydrogen (secondary N) is 2. The highest BCUT2D eigenvalue weighted by molar-refractivity contribution is 5.23. The van der Waals surface area contributed by atoms with Crippen LogP contribution >= 0.6 is 0 Å². The Bertz CT molecular complexity index is 358. The van der Waals surface area contributed by atoms with Crippen LogP contribution in [0.4, 0.5) is 0 Å². The Kier molecular flexibility index (Phi) is 6.38. The molecule has 0 atom stereocenters. The van der Waals surface area contributed by atoms with Gasteiger partial charge in [-0.3, -0.25) is 0 Å². The van der Waals surface area contributed by atoms with Crippen molar-refractivity contribution in [2.24, 2.45) is 0 Å². The van der Waals surface area contributed by atoms with Crippen LogP contribution < -0.4 is 10.6 Å². The van der Waals surface area contributed by atoms with Gasteiger partial charge in [0.1, 0.15) is 0 Å². The average molecular weight is 260 g/mol. The maximum atomic E-state index is 3.58. The lowest BCUT2D eigenvalue weighted by Gasteiger charge is -2.07. The molecule has 0 aliphatic heterocycles. The van der Waals surface area contributed by atoms with Gasteiger partial charge in [-0.05, 0) is 62.7 Å². The largest absolute Gasteiger partial charge is 0.314 e. The standard InChI is InChI=1S/C17H28N2/c1-2-11-18-14-16-8-5-7-15(13-16)6-3-4-12-19-17-9-10-17/h5,7-8,13,17-19H,2-4,6,9-12,14H2,1H3. The normalized spacial score (nSPS) is 14.8. The Balaban J connectivity index is 1.62. The minimum Gasteiger partial charge on any atom is -0.314 e. The number of hydrogen-bond donors (Lipinski definition) is 2. The smallest absolute Gasteiger partial charge is 0.0205 e. The monoisotopic (exact) mass is 260 g/mol. The lowest BCUT2D eigenvalue weighted by molar-refractivity contribution is 0.619. The third-order valence-corrected chi connectivity index (χ3v) is 3.65. The van der Waals surface area contributed by atoms with E-state index in [2.05, 4.69) is 41.8 Å². The van der Waals surface area contributed by atoms with Crippen LogP contribution in [0.1, 0.15) is 50.2 Å². The van der Waals surface area contributed by atoms with E-state index in [1.807, 2.05) is 0 Å². The number of unbranched alkanes of at least 4 members (excludes halogenated alkanes) is 1. The zero-order chi connectivity index (χ0) is 13.3. The first-order valence-corrected chi connectivity index (χ1v) is 7.90. The summed E-state index contributed by atoms with van der Waals surface area (Å²) in [6.07, 6.45) is 7.81. The van der Waals surface area contributed by atoms with E-state index in [0.717, 1.165) is 19.1 Å². The van der Waals surface area contributed by atoms with E-state index in [4.69, 9.17) is 0 Å². The van der Waals surface area contributed by atoms with Gasteiger partial charge in [0, 0.05) is 12.6 Å². The molecular formula is C17H28N2. The summed E-state index contributed by atoms with van der Waals surface area (Å²) in [6.45, 7) is 5.52. The fourth-order valence-corrected chi connectivity index (χ4v) is 2.35. The zero-order valence-corrected chi connectivity index (χ0v) is 12.3. The van der Waals surface area contributed by atoms with E-state index in [1.54, 1.807) is 0 Å². The van der Waals surface area contributed by atoms with Gasteiger partial charge in [-0.25, -0.2) is 0 Å². The summed E-state index contributed by atoms with van der Waals surface area (Å²) >= 11 is 0. The molecule has 19 heavy (non-hydrogen) atoms. The number of rotatable bonds is 10. The van der Waals surface area contributed by atoms with Gasteiger partial charge in [0.2, 0.25) is 0 Å². The zero-order valence-electron chi connectivity index (χ0n) is 12.3. The Morgan fingerprint density at radius 1 is 1.11 bits per heavy atom. The van der Waals surface area contributed by atoms with Crippen molar-refractivity contribution in [2.45, 2.75) is 58.0 Å². The first-order chi connectivity index (χ1) is 9.38. The second-order valence-electron chi connectivity index (χ2n) is 5.68. The average Bonchev–Trinajstić information content (AvgIpc) is 3.23. The van der Waals surface area contributed by atoms with Crippen molar-refractivity contribution in [3.05, 3.63) is 35.4 Å². The SMILES string of the molecule is CCCNCc1cccc(CCCCNC2CC2)c1. The van der Waals surface area contributed by atoms with Gasteiger partial charge < -0.3 is 10.6 Å². The van der Waals surface area contributed by atoms with Crippen LogP contribution in [-0.2, 0) is 13.0 Å². The fraction of sp³-hybridized carbons (Fsp3) is 0.647. The molecule has 1 aliphatic rings. The number of hydrogen-bond acceptors (Lipinski definition) is 2. The third kappa shape index (κ3) is 6.22. The summed E-state index contributed by atoms with van der Waals surface area (Å²) in [6, 6.07) is 9.89. The molecule has 2 nitrogen and oxygen atoms in total. The van der Waals surface area contributed by atoms with Crippen molar-refractivity contribution in [3.63, 3.8) is 0 Å². The number of benzene rings is 1. The Labute approximate surface area is 118 Å². The molecule has 1 aromatic carbocycles. The van der Waals surface area contributed by atoms with E-state index in [-0.39, 0.29) is 0 Å². The van der Waals surface area contributed by atoms with E-state index < -0.39 is 0 Å². The van der Waals surface area contributed by atoms with Crippen LogP contribution in [-0.4, -0.2) is 19.1 Å². The molecule has 0 unspecified atom stereocenters. The van der Waals surface area contributed by atoms with E-state index in [1.165, 1.54) is 56.2 Å². The minimum atomic E-state index is 0.855. The Morgan fingerprint density at radius 3 is 2.74 bits per heavy atom. The first-order valence-electron chi connectivity index (χ1n) is 7.90. The van der Waals surface area contributed by atoms with E-state index >= 15 is 0 Å². The van der Waals surface area contributed by atoms with Crippen molar-refractivity contribution in [1.82, 2.24) is 10.6 Å². The summed E-state index contributed by atoms with van der Waals surface area (Å²) < 4.78 is 0. The minimum absolute atomic E-state index is 0.855. The molecule has 0 bridgehead atoms. The Morgan fingerprint density at radius 2 is 1.95 bits per heavy atom. The third-order valence-electron chi connectivity index (χ3n) is 3.65. The quantitative estimate of drug-likeness (QED) is 0.631. The molecule has 106 valence electrons. The summed E-state index contributed by atoms with van der Waals surface area (Å²) in [5, 5.41) is 7.04. The molecule has 2 N–H and O–H groups in total. The predicted octanol–water partition coefficient (Wildman–Crippen LogP) is 3.26. The topological polar surface area (TPSA) is 24.1 Å². The van der Waals surface area contributed by atoms with Gasteiger partial charge in [0.25, 0.3) is 0 Å². The maximum Gasteiger partial charge on any atom is 0.0205 e. The van der Waals surface area contributed by atoms with Crippen molar-refractivity contribution >= 4 is 0 Å². The molecule has 1 aromatic rings. The van der Waals surface area contributed by atoms with E-state index in [0.29, 0.717) is 0 Å². The van der Waals surface area contributed by atoms with Crippen LogP contribution in [0.5, 0.6) is 0 Å². The summed E-state index contributed by atoms with van der Waals surface area (Å²) in [5.74, 6) is 0. The summed E-state index contributed by atoms with van der Waals surface area (Å²) in [5.41, 5.74) is 2.91. The molecule has 1 saturated carbocycles. The lowest BCUT2D eigenvalue weighted by Crippen LogP contribution is -2.17. The van der Waals surface area contributed by atoms with Crippen molar-refractivity contribution in [1.29, 1.82) is 0 Å². The molecule has 1 fully saturated rings. The van der Waals surface area contributed by atoms with Gasteiger partial charge >= 0.3 is 0 Å². The summed E-state index contributed by atoms with van der Waals surface area (Å²) in [7, 11) is 0. The molecule has 0 aromatic heterocycles. The second kappa shape index (κ2) is 8.34. The van der Waals surface area contributed by atoms with Gasteiger partial charge in [0.05, 0.1) is 0 Å². The van der Waals surface area contributed by atoms with Gasteiger partial charge in [-0.15, -0.1) is 0 Å². The molecule has 2 heteroatoms. The molecular weight excluding hydrogens is 232 g/mol. The highest BCUT2D eigenvalue weighted by Crippen LogP contribution is 2.18. The van der Waals surface area contributed by atoms with Gasteiger partial charge in [0.15, 0.2) is 0 Å². The maximum absolute atomic E-state index is 3.58. The van der Waals surface area contributed by atoms with Crippen molar-refractivity contribution < 1.29 is 0 Å². The molecule has 0 saturated heterocycles. The van der Waals surface area contributed by atoms with Crippen LogP contribution in [0, 0.1) is 0 Å². The van der Waals surface area contributed by atoms with Crippen LogP contribution in [0.15, 0.2) is 24.3 Å². The van der Waals surface area contributed by atoms with Crippen LogP contribution in [0.2, 0.25) is 0 Å². The second-order valence-corrected chi connectivity index (χ2v) is 5.68. The number of aryl methyl sites for hydroxylation is 1. The molecule has 0 amide bonds. The molecule has 0 radical (unpaired) electrons. The molecule has 0 heterocycles. The predicted molar refractivity (Wildman–Crippen MR) is 82.4 cm³/mol. The molecule has 2 rings (SSSR count). The highest BCUT2D eigenvalue weighted by atomic mass is 14.9. The Hall–Kier alpha value is -0.860. The molecule has 0 spiro atoms. The first kappa shape index (κ1) is 14.5. The van der Waals surface area contributed by atoms with Gasteiger partial charge in [-0.1, -0.05) is 31.2 Å².